The van der Waals surface area contributed by atoms with Crippen LogP contribution in [0, 0.1) is 0 Å². The number of carbonyl (C=O) groups excluding carboxylic acids is 1. The van der Waals surface area contributed by atoms with Crippen LogP contribution in [0.5, 0.6) is 0 Å². The summed E-state index contributed by atoms with van der Waals surface area (Å²) in [6.45, 7) is 1.62. The summed E-state index contributed by atoms with van der Waals surface area (Å²) < 4.78 is 14.6. The largest absolute Gasteiger partial charge is 0.469 e. The number of hydrogen-bond donors (Lipinski definition) is 4. The van der Waals surface area contributed by atoms with Gasteiger partial charge in [0.2, 0.25) is 5.91 Å². The van der Waals surface area contributed by atoms with Gasteiger partial charge in [-0.1, -0.05) is 58.3 Å². The molecule has 0 rings (SSSR count). The van der Waals surface area contributed by atoms with Gasteiger partial charge in [-0.15, -0.1) is 0 Å². The van der Waals surface area contributed by atoms with Gasteiger partial charge in [0.1, 0.15) is 0 Å². The third-order valence-electron chi connectivity index (χ3n) is 3.48. The molecule has 0 radical (unpaired) electrons. The molecular weight excluding hydrogens is 321 g/mol. The topological polar surface area (TPSA) is 116 Å². The van der Waals surface area contributed by atoms with Crippen LogP contribution >= 0.6 is 7.82 Å². The number of nitrogens with one attached hydrogen (secondary N) is 1. The molecule has 23 heavy (non-hydrogen) atoms. The SMILES string of the molecule is CCCCCCCCCCCC(=O)NCC(O)COP(=O)(O)O. The molecule has 7 nitrogen and oxygen atoms in total. The van der Waals surface area contributed by atoms with Crippen LogP contribution in [0.25, 0.3) is 0 Å². The van der Waals surface area contributed by atoms with E-state index >= 15 is 0 Å². The third kappa shape index (κ3) is 17.7. The van der Waals surface area contributed by atoms with E-state index < -0.39 is 20.5 Å². The molecule has 0 aromatic heterocycles. The number of carbonyl (C=O) groups is 1. The van der Waals surface area contributed by atoms with Gasteiger partial charge < -0.3 is 20.2 Å². The van der Waals surface area contributed by atoms with Gasteiger partial charge in [0, 0.05) is 13.0 Å². The first kappa shape index (κ1) is 22.5. The molecule has 0 aromatic rings. The number of rotatable bonds is 15. The minimum absolute atomic E-state index is 0.0732. The van der Waals surface area contributed by atoms with Gasteiger partial charge in [0.15, 0.2) is 0 Å². The minimum Gasteiger partial charge on any atom is -0.389 e. The average molecular weight is 353 g/mol. The lowest BCUT2D eigenvalue weighted by molar-refractivity contribution is -0.121. The van der Waals surface area contributed by atoms with Crippen molar-refractivity contribution in [3.8, 4) is 0 Å². The molecule has 1 atom stereocenters. The van der Waals surface area contributed by atoms with Crippen LogP contribution in [0.3, 0.4) is 0 Å². The highest BCUT2D eigenvalue weighted by Gasteiger charge is 2.17. The number of amides is 1. The maximum Gasteiger partial charge on any atom is 0.469 e. The quantitative estimate of drug-likeness (QED) is 0.265. The van der Waals surface area contributed by atoms with Gasteiger partial charge in [-0.25, -0.2) is 4.57 Å². The van der Waals surface area contributed by atoms with Crippen LogP contribution < -0.4 is 5.32 Å². The molecular formula is C15H32NO6P. The summed E-state index contributed by atoms with van der Waals surface area (Å²) in [7, 11) is -4.58. The van der Waals surface area contributed by atoms with E-state index in [0.717, 1.165) is 19.3 Å². The first-order valence-corrected chi connectivity index (χ1v) is 10.0. The zero-order chi connectivity index (χ0) is 17.6. The van der Waals surface area contributed by atoms with Gasteiger partial charge in [0.05, 0.1) is 12.7 Å². The molecule has 0 heterocycles. The highest BCUT2D eigenvalue weighted by molar-refractivity contribution is 7.46. The van der Waals surface area contributed by atoms with Crippen molar-refractivity contribution in [1.29, 1.82) is 0 Å². The Hall–Kier alpha value is -0.460. The molecule has 1 amide bonds. The van der Waals surface area contributed by atoms with Crippen LogP contribution in [0.4, 0.5) is 0 Å². The minimum atomic E-state index is -4.58. The smallest absolute Gasteiger partial charge is 0.389 e. The van der Waals surface area contributed by atoms with Gasteiger partial charge in [0.25, 0.3) is 0 Å². The number of aliphatic hydroxyl groups is 1. The number of unbranched alkanes of at least 4 members (excludes halogenated alkanes) is 8. The zero-order valence-corrected chi connectivity index (χ0v) is 15.0. The Morgan fingerprint density at radius 3 is 2.09 bits per heavy atom. The zero-order valence-electron chi connectivity index (χ0n) is 14.1. The monoisotopic (exact) mass is 353 g/mol. The highest BCUT2D eigenvalue weighted by atomic mass is 31.2. The van der Waals surface area contributed by atoms with Crippen molar-refractivity contribution in [2.45, 2.75) is 77.2 Å². The third-order valence-corrected chi connectivity index (χ3v) is 3.96. The van der Waals surface area contributed by atoms with Crippen LogP contribution in [0.2, 0.25) is 0 Å². The van der Waals surface area contributed by atoms with E-state index in [1.54, 1.807) is 0 Å². The molecule has 1 unspecified atom stereocenters. The van der Waals surface area contributed by atoms with E-state index in [4.69, 9.17) is 9.79 Å². The van der Waals surface area contributed by atoms with Crippen molar-refractivity contribution in [2.75, 3.05) is 13.2 Å². The van der Waals surface area contributed by atoms with Crippen molar-refractivity contribution in [1.82, 2.24) is 5.32 Å². The predicted octanol–water partition coefficient (Wildman–Crippen LogP) is 2.49. The Bertz CT molecular complexity index is 347. The molecule has 4 N–H and O–H groups in total. The van der Waals surface area contributed by atoms with Crippen molar-refractivity contribution in [3.05, 3.63) is 0 Å². The lowest BCUT2D eigenvalue weighted by Gasteiger charge is -2.12. The van der Waals surface area contributed by atoms with Crippen LogP contribution in [-0.4, -0.2) is 40.1 Å². The van der Waals surface area contributed by atoms with Crippen molar-refractivity contribution >= 4 is 13.7 Å². The molecule has 0 aromatic carbocycles. The Morgan fingerprint density at radius 2 is 1.57 bits per heavy atom. The molecule has 0 fully saturated rings. The first-order chi connectivity index (χ1) is 10.8. The first-order valence-electron chi connectivity index (χ1n) is 8.50. The molecule has 0 saturated heterocycles. The number of phosphoric ester groups is 1. The Labute approximate surface area is 139 Å². The Kier molecular flexibility index (Phi) is 13.7. The fourth-order valence-electron chi connectivity index (χ4n) is 2.16. The fourth-order valence-corrected chi connectivity index (χ4v) is 2.52. The number of phosphoric acid groups is 1. The Morgan fingerprint density at radius 1 is 1.04 bits per heavy atom. The molecule has 138 valence electrons. The molecule has 8 heteroatoms. The van der Waals surface area contributed by atoms with E-state index in [0.29, 0.717) is 6.42 Å². The summed E-state index contributed by atoms with van der Waals surface area (Å²) in [6.07, 6.45) is 9.90. The molecule has 0 aliphatic carbocycles. The van der Waals surface area contributed by atoms with Gasteiger partial charge in [-0.3, -0.25) is 9.32 Å². The second-order valence-electron chi connectivity index (χ2n) is 5.82. The van der Waals surface area contributed by atoms with Gasteiger partial charge in [-0.2, -0.15) is 0 Å². The fraction of sp³-hybridized carbons (Fsp3) is 0.933. The number of hydrogen-bond acceptors (Lipinski definition) is 4. The van der Waals surface area contributed by atoms with Crippen LogP contribution in [0.1, 0.15) is 71.1 Å². The average Bonchev–Trinajstić information content (AvgIpc) is 2.48. The second-order valence-corrected chi connectivity index (χ2v) is 7.06. The van der Waals surface area contributed by atoms with Crippen molar-refractivity contribution < 1.29 is 28.8 Å². The van der Waals surface area contributed by atoms with Crippen LogP contribution in [0.15, 0.2) is 0 Å². The second kappa shape index (κ2) is 13.9. The van der Waals surface area contributed by atoms with E-state index in [9.17, 15) is 14.5 Å². The van der Waals surface area contributed by atoms with E-state index in [1.165, 1.54) is 38.5 Å². The molecule has 0 aliphatic rings. The van der Waals surface area contributed by atoms with E-state index in [1.807, 2.05) is 0 Å². The molecule has 0 spiro atoms. The predicted molar refractivity (Wildman–Crippen MR) is 88.9 cm³/mol. The van der Waals surface area contributed by atoms with Gasteiger partial charge in [-0.05, 0) is 6.42 Å². The molecule has 0 saturated carbocycles. The summed E-state index contributed by atoms with van der Waals surface area (Å²) in [5, 5.41) is 11.9. The summed E-state index contributed by atoms with van der Waals surface area (Å²) in [6, 6.07) is 0. The highest BCUT2D eigenvalue weighted by Crippen LogP contribution is 2.35. The maximum absolute atomic E-state index is 11.5. The van der Waals surface area contributed by atoms with E-state index in [2.05, 4.69) is 16.8 Å². The van der Waals surface area contributed by atoms with Crippen molar-refractivity contribution in [3.63, 3.8) is 0 Å². The summed E-state index contributed by atoms with van der Waals surface area (Å²) in [4.78, 5) is 28.5. The summed E-state index contributed by atoms with van der Waals surface area (Å²) in [5.41, 5.74) is 0. The maximum atomic E-state index is 11.5. The standard InChI is InChI=1S/C15H32NO6P/c1-2-3-4-5-6-7-8-9-10-11-15(18)16-12-14(17)13-22-23(19,20)21/h14,17H,2-13H2,1H3,(H,16,18)(H2,19,20,21). The van der Waals surface area contributed by atoms with Crippen LogP contribution in [-0.2, 0) is 13.9 Å². The summed E-state index contributed by atoms with van der Waals surface area (Å²) in [5.74, 6) is -0.164. The molecule has 0 aliphatic heterocycles. The Balaban J connectivity index is 3.41. The lowest BCUT2D eigenvalue weighted by atomic mass is 10.1. The lowest BCUT2D eigenvalue weighted by Crippen LogP contribution is -2.34. The van der Waals surface area contributed by atoms with E-state index in [-0.39, 0.29) is 12.5 Å². The van der Waals surface area contributed by atoms with Crippen molar-refractivity contribution in [2.24, 2.45) is 0 Å². The number of aliphatic hydroxyl groups excluding tert-OH is 1. The molecule has 0 bridgehead atoms. The normalized spacial score (nSPS) is 13.0. The summed E-state index contributed by atoms with van der Waals surface area (Å²) >= 11 is 0. The van der Waals surface area contributed by atoms with Gasteiger partial charge >= 0.3 is 7.82 Å².